The Morgan fingerprint density at radius 1 is 1.18 bits per heavy atom. The summed E-state index contributed by atoms with van der Waals surface area (Å²) in [5, 5.41) is 17.6. The second kappa shape index (κ2) is 7.12. The number of aromatic nitrogens is 3. The lowest BCUT2D eigenvalue weighted by atomic mass is 10.0. The molecule has 0 aliphatic heterocycles. The maximum Gasteiger partial charge on any atom is 0.124 e. The van der Waals surface area contributed by atoms with Gasteiger partial charge in [0, 0.05) is 36.9 Å². The van der Waals surface area contributed by atoms with Crippen LogP contribution in [0.5, 0.6) is 0 Å². The minimum atomic E-state index is -0.344. The summed E-state index contributed by atoms with van der Waals surface area (Å²) in [6.07, 6.45) is 5.31. The number of hydrogen-bond donors (Lipinski definition) is 1. The Bertz CT molecular complexity index is 1220. The van der Waals surface area contributed by atoms with Crippen LogP contribution < -0.4 is 5.32 Å². The van der Waals surface area contributed by atoms with E-state index in [2.05, 4.69) is 27.5 Å². The maximum absolute atomic E-state index is 14.0. The number of hydrogen-bond acceptors (Lipinski definition) is 4. The number of nitrogens with one attached hydrogen (secondary N) is 1. The van der Waals surface area contributed by atoms with Crippen molar-refractivity contribution in [3.05, 3.63) is 77.5 Å². The quantitative estimate of drug-likeness (QED) is 0.571. The van der Waals surface area contributed by atoms with E-state index in [1.807, 2.05) is 44.6 Å². The van der Waals surface area contributed by atoms with E-state index in [1.54, 1.807) is 4.68 Å². The average Bonchev–Trinajstić information content (AvgIpc) is 3.12. The predicted molar refractivity (Wildman–Crippen MR) is 107 cm³/mol. The Labute approximate surface area is 162 Å². The summed E-state index contributed by atoms with van der Waals surface area (Å²) in [4.78, 5) is 4.33. The zero-order valence-corrected chi connectivity index (χ0v) is 15.6. The Morgan fingerprint density at radius 3 is 2.79 bits per heavy atom. The summed E-state index contributed by atoms with van der Waals surface area (Å²) >= 11 is 0. The van der Waals surface area contributed by atoms with Crippen molar-refractivity contribution in [2.45, 2.75) is 13.5 Å². The number of nitriles is 1. The second-order valence-electron chi connectivity index (χ2n) is 6.73. The molecule has 0 aliphatic carbocycles. The first-order valence-electron chi connectivity index (χ1n) is 8.86. The van der Waals surface area contributed by atoms with Crippen LogP contribution in [0.2, 0.25) is 0 Å². The van der Waals surface area contributed by atoms with Gasteiger partial charge in [0.25, 0.3) is 0 Å². The smallest absolute Gasteiger partial charge is 0.124 e. The van der Waals surface area contributed by atoms with Gasteiger partial charge in [-0.15, -0.1) is 0 Å². The van der Waals surface area contributed by atoms with Crippen LogP contribution >= 0.6 is 0 Å². The first-order chi connectivity index (χ1) is 13.5. The van der Waals surface area contributed by atoms with Gasteiger partial charge in [0.05, 0.1) is 23.0 Å². The highest BCUT2D eigenvalue weighted by Gasteiger charge is 2.12. The van der Waals surface area contributed by atoms with Crippen LogP contribution in [-0.2, 0) is 13.6 Å². The molecular weight excluding hydrogens is 353 g/mol. The molecule has 0 spiro atoms. The standard InChI is InChI=1S/C22H18FN5/c1-14-6-19(23)8-20-21(14)26-11-17(9-24)22(20)25-10-15-4-3-5-16(7-15)18-12-27-28(2)13-18/h3-8,11-13H,10H2,1-2H3,(H,25,26). The molecule has 0 radical (unpaired) electrons. The fourth-order valence-electron chi connectivity index (χ4n) is 3.33. The molecule has 0 atom stereocenters. The topological polar surface area (TPSA) is 66.5 Å². The Balaban J connectivity index is 1.69. The molecular formula is C22H18FN5. The number of aryl methyl sites for hydroxylation is 2. The number of halogens is 1. The van der Waals surface area contributed by atoms with Crippen molar-refractivity contribution in [3.63, 3.8) is 0 Å². The lowest BCUT2D eigenvalue weighted by molar-refractivity contribution is 0.628. The molecule has 0 saturated carbocycles. The Hall–Kier alpha value is -3.72. The van der Waals surface area contributed by atoms with Crippen molar-refractivity contribution < 1.29 is 4.39 Å². The van der Waals surface area contributed by atoms with Crippen LogP contribution in [0.25, 0.3) is 22.0 Å². The summed E-state index contributed by atoms with van der Waals surface area (Å²) in [7, 11) is 1.88. The molecule has 5 nitrogen and oxygen atoms in total. The van der Waals surface area contributed by atoms with E-state index in [1.165, 1.54) is 18.3 Å². The van der Waals surface area contributed by atoms with Gasteiger partial charge in [-0.1, -0.05) is 18.2 Å². The highest BCUT2D eigenvalue weighted by atomic mass is 19.1. The van der Waals surface area contributed by atoms with Gasteiger partial charge in [0.2, 0.25) is 0 Å². The van der Waals surface area contributed by atoms with Gasteiger partial charge >= 0.3 is 0 Å². The summed E-state index contributed by atoms with van der Waals surface area (Å²) in [5.74, 6) is -0.344. The highest BCUT2D eigenvalue weighted by molar-refractivity contribution is 5.95. The number of nitrogens with zero attached hydrogens (tertiary/aromatic N) is 4. The van der Waals surface area contributed by atoms with E-state index in [-0.39, 0.29) is 5.82 Å². The molecule has 28 heavy (non-hydrogen) atoms. The SMILES string of the molecule is Cc1cc(F)cc2c(NCc3cccc(-c4cnn(C)c4)c3)c(C#N)cnc12. The van der Waals surface area contributed by atoms with E-state index in [9.17, 15) is 9.65 Å². The van der Waals surface area contributed by atoms with Crippen LogP contribution in [0, 0.1) is 24.1 Å². The molecule has 138 valence electrons. The molecule has 4 aromatic rings. The van der Waals surface area contributed by atoms with Crippen molar-refractivity contribution in [1.82, 2.24) is 14.8 Å². The van der Waals surface area contributed by atoms with Gasteiger partial charge in [0.15, 0.2) is 0 Å². The molecule has 2 heterocycles. The number of pyridine rings is 1. The molecule has 6 heteroatoms. The molecule has 0 aliphatic rings. The minimum absolute atomic E-state index is 0.344. The first kappa shape index (κ1) is 17.7. The van der Waals surface area contributed by atoms with E-state index >= 15 is 0 Å². The Morgan fingerprint density at radius 2 is 2.04 bits per heavy atom. The van der Waals surface area contributed by atoms with Gasteiger partial charge < -0.3 is 5.32 Å². The third kappa shape index (κ3) is 3.30. The number of fused-ring (bicyclic) bond motifs is 1. The van der Waals surface area contributed by atoms with Crippen molar-refractivity contribution in [3.8, 4) is 17.2 Å². The lowest BCUT2D eigenvalue weighted by Gasteiger charge is -2.13. The van der Waals surface area contributed by atoms with Crippen molar-refractivity contribution in [2.24, 2.45) is 7.05 Å². The van der Waals surface area contributed by atoms with Crippen LogP contribution in [0.15, 0.2) is 55.0 Å². The van der Waals surface area contributed by atoms with E-state index in [4.69, 9.17) is 0 Å². The molecule has 2 aromatic heterocycles. The highest BCUT2D eigenvalue weighted by Crippen LogP contribution is 2.29. The summed E-state index contributed by atoms with van der Waals surface area (Å²) in [6, 6.07) is 13.1. The van der Waals surface area contributed by atoms with Gasteiger partial charge in [-0.25, -0.2) is 4.39 Å². The third-order valence-corrected chi connectivity index (χ3v) is 4.68. The monoisotopic (exact) mass is 371 g/mol. The maximum atomic E-state index is 14.0. The van der Waals surface area contributed by atoms with E-state index in [0.717, 1.165) is 22.3 Å². The number of anilines is 1. The van der Waals surface area contributed by atoms with E-state index in [0.29, 0.717) is 28.7 Å². The minimum Gasteiger partial charge on any atom is -0.379 e. The fourth-order valence-corrected chi connectivity index (χ4v) is 3.33. The van der Waals surface area contributed by atoms with Crippen molar-refractivity contribution >= 4 is 16.6 Å². The predicted octanol–water partition coefficient (Wildman–Crippen LogP) is 4.57. The van der Waals surface area contributed by atoms with Gasteiger partial charge in [-0.05, 0) is 41.8 Å². The third-order valence-electron chi connectivity index (χ3n) is 4.68. The van der Waals surface area contributed by atoms with Crippen molar-refractivity contribution in [2.75, 3.05) is 5.32 Å². The largest absolute Gasteiger partial charge is 0.379 e. The van der Waals surface area contributed by atoms with Crippen LogP contribution in [0.3, 0.4) is 0 Å². The van der Waals surface area contributed by atoms with Gasteiger partial charge in [-0.3, -0.25) is 9.67 Å². The summed E-state index contributed by atoms with van der Waals surface area (Å²) in [5.41, 5.74) is 5.56. The first-order valence-corrected chi connectivity index (χ1v) is 8.86. The molecule has 2 aromatic carbocycles. The number of rotatable bonds is 4. The van der Waals surface area contributed by atoms with Crippen molar-refractivity contribution in [1.29, 1.82) is 5.26 Å². The molecule has 4 rings (SSSR count). The molecule has 0 saturated heterocycles. The van der Waals surface area contributed by atoms with Gasteiger partial charge in [0.1, 0.15) is 11.9 Å². The molecule has 0 fully saturated rings. The summed E-state index contributed by atoms with van der Waals surface area (Å²) in [6.45, 7) is 2.31. The number of benzene rings is 2. The average molecular weight is 371 g/mol. The second-order valence-corrected chi connectivity index (χ2v) is 6.73. The molecule has 1 N–H and O–H groups in total. The van der Waals surface area contributed by atoms with Crippen LogP contribution in [0.1, 0.15) is 16.7 Å². The van der Waals surface area contributed by atoms with Crippen LogP contribution in [0.4, 0.5) is 10.1 Å². The Kier molecular flexibility index (Phi) is 4.50. The lowest BCUT2D eigenvalue weighted by Crippen LogP contribution is -2.04. The zero-order valence-electron chi connectivity index (χ0n) is 15.6. The molecule has 0 amide bonds. The fraction of sp³-hybridized carbons (Fsp3) is 0.136. The molecule has 0 unspecified atom stereocenters. The van der Waals surface area contributed by atoms with E-state index < -0.39 is 0 Å². The van der Waals surface area contributed by atoms with Gasteiger partial charge in [-0.2, -0.15) is 10.4 Å². The summed E-state index contributed by atoms with van der Waals surface area (Å²) < 4.78 is 15.7. The molecule has 0 bridgehead atoms. The van der Waals surface area contributed by atoms with Crippen LogP contribution in [-0.4, -0.2) is 14.8 Å². The normalized spacial score (nSPS) is 10.8. The zero-order chi connectivity index (χ0) is 19.7.